The van der Waals surface area contributed by atoms with Crippen LogP contribution in [0.2, 0.25) is 0 Å². The van der Waals surface area contributed by atoms with Crippen molar-refractivity contribution in [3.63, 3.8) is 0 Å². The smallest absolute Gasteiger partial charge is 0.226 e. The van der Waals surface area contributed by atoms with Crippen molar-refractivity contribution in [1.29, 1.82) is 0 Å². The van der Waals surface area contributed by atoms with Crippen LogP contribution in [0.25, 0.3) is 0 Å². The Hall–Kier alpha value is -1.07. The Kier molecular flexibility index (Phi) is 4.94. The van der Waals surface area contributed by atoms with Gasteiger partial charge < -0.3 is 14.8 Å². The molecule has 0 bridgehead atoms. The molecule has 2 aliphatic carbocycles. The van der Waals surface area contributed by atoms with E-state index in [9.17, 15) is 4.79 Å². The monoisotopic (exact) mass is 352 g/mol. The molecule has 1 saturated heterocycles. The molecule has 0 radical (unpaired) electrons. The van der Waals surface area contributed by atoms with E-state index in [2.05, 4.69) is 22.1 Å². The third kappa shape index (κ3) is 3.21. The largest absolute Gasteiger partial charge is 0.337 e. The van der Waals surface area contributed by atoms with E-state index in [4.69, 9.17) is 0 Å². The molecule has 1 aromatic rings. The van der Waals surface area contributed by atoms with E-state index < -0.39 is 0 Å². The van der Waals surface area contributed by atoms with Crippen molar-refractivity contribution < 1.29 is 4.79 Å². The molecule has 24 heavy (non-hydrogen) atoms. The van der Waals surface area contributed by atoms with E-state index in [1.165, 1.54) is 32.1 Å². The first-order chi connectivity index (χ1) is 11.1. The average molecular weight is 353 g/mol. The lowest BCUT2D eigenvalue weighted by Gasteiger charge is -2.31. The molecule has 1 aromatic heterocycles. The Morgan fingerprint density at radius 2 is 2.17 bits per heavy atom. The standard InChI is InChI=1S/C18H28N4O.ClH/c1-13(14-3-4-14)17(23)22(12-16-20-9-10-21(16)2)15-11-18(15)5-7-19-8-6-18;/h9-10,13-15,19H,3-8,11-12H2,1-2H3;1H. The number of nitrogens with zero attached hydrogens (tertiary/aromatic N) is 3. The fraction of sp³-hybridized carbons (Fsp3) is 0.778. The van der Waals surface area contributed by atoms with Crippen LogP contribution < -0.4 is 5.32 Å². The molecule has 2 atom stereocenters. The van der Waals surface area contributed by atoms with Gasteiger partial charge >= 0.3 is 0 Å². The van der Waals surface area contributed by atoms with Crippen LogP contribution in [0.3, 0.4) is 0 Å². The first-order valence-corrected chi connectivity index (χ1v) is 9.08. The summed E-state index contributed by atoms with van der Waals surface area (Å²) in [6.07, 6.45) is 9.85. The number of rotatable bonds is 5. The molecular weight excluding hydrogens is 324 g/mol. The van der Waals surface area contributed by atoms with Gasteiger partial charge in [0.15, 0.2) is 0 Å². The minimum atomic E-state index is 0. The van der Waals surface area contributed by atoms with E-state index in [0.29, 0.717) is 29.8 Å². The Labute approximate surface area is 150 Å². The normalized spacial score (nSPS) is 25.8. The minimum absolute atomic E-state index is 0. The lowest BCUT2D eigenvalue weighted by molar-refractivity contribution is -0.137. The lowest BCUT2D eigenvalue weighted by atomic mass is 9.93. The number of aryl methyl sites for hydroxylation is 1. The van der Waals surface area contributed by atoms with Gasteiger partial charge in [-0.25, -0.2) is 4.98 Å². The second-order valence-corrected chi connectivity index (χ2v) is 7.88. The van der Waals surface area contributed by atoms with E-state index in [1.54, 1.807) is 0 Å². The van der Waals surface area contributed by atoms with Crippen LogP contribution in [-0.2, 0) is 18.4 Å². The summed E-state index contributed by atoms with van der Waals surface area (Å²) in [4.78, 5) is 19.8. The summed E-state index contributed by atoms with van der Waals surface area (Å²) in [5.41, 5.74) is 0.384. The summed E-state index contributed by atoms with van der Waals surface area (Å²) in [6.45, 7) is 4.99. The van der Waals surface area contributed by atoms with Gasteiger partial charge in [-0.2, -0.15) is 0 Å². The van der Waals surface area contributed by atoms with Gasteiger partial charge in [0.1, 0.15) is 5.82 Å². The molecule has 1 N–H and O–H groups in total. The topological polar surface area (TPSA) is 50.2 Å². The fourth-order valence-electron chi connectivity index (χ4n) is 4.33. The zero-order chi connectivity index (χ0) is 16.0. The van der Waals surface area contributed by atoms with Gasteiger partial charge in [-0.15, -0.1) is 12.4 Å². The van der Waals surface area contributed by atoms with E-state index in [0.717, 1.165) is 18.9 Å². The highest BCUT2D eigenvalue weighted by molar-refractivity contribution is 5.85. The number of hydrogen-bond donors (Lipinski definition) is 1. The number of nitrogens with one attached hydrogen (secondary N) is 1. The number of imidazole rings is 1. The molecule has 3 aliphatic rings. The lowest BCUT2D eigenvalue weighted by Crippen LogP contribution is -2.42. The molecule has 134 valence electrons. The Morgan fingerprint density at radius 1 is 1.46 bits per heavy atom. The number of aromatic nitrogens is 2. The first-order valence-electron chi connectivity index (χ1n) is 9.08. The number of piperidine rings is 1. The number of halogens is 1. The number of amides is 1. The van der Waals surface area contributed by atoms with Crippen LogP contribution in [0, 0.1) is 17.3 Å². The number of carbonyl (C=O) groups is 1. The van der Waals surface area contributed by atoms with Crippen molar-refractivity contribution in [3.05, 3.63) is 18.2 Å². The second-order valence-electron chi connectivity index (χ2n) is 7.88. The number of hydrogen-bond acceptors (Lipinski definition) is 3. The highest BCUT2D eigenvalue weighted by Crippen LogP contribution is 2.56. The van der Waals surface area contributed by atoms with Gasteiger partial charge in [-0.1, -0.05) is 6.92 Å². The quantitative estimate of drug-likeness (QED) is 0.885. The second kappa shape index (κ2) is 6.68. The van der Waals surface area contributed by atoms with Gasteiger partial charge in [0, 0.05) is 31.4 Å². The maximum absolute atomic E-state index is 13.1. The van der Waals surface area contributed by atoms with Gasteiger partial charge in [0.2, 0.25) is 5.91 Å². The van der Waals surface area contributed by atoms with Crippen molar-refractivity contribution in [3.8, 4) is 0 Å². The molecule has 2 saturated carbocycles. The highest BCUT2D eigenvalue weighted by atomic mass is 35.5. The SMILES string of the molecule is CC(C(=O)N(Cc1nccn1C)C1CC12CCNCC2)C1CC1.Cl. The maximum atomic E-state index is 13.1. The van der Waals surface area contributed by atoms with Crippen molar-refractivity contribution in [2.75, 3.05) is 13.1 Å². The predicted molar refractivity (Wildman–Crippen MR) is 95.8 cm³/mol. The summed E-state index contributed by atoms with van der Waals surface area (Å²) < 4.78 is 2.04. The third-order valence-electron chi connectivity index (χ3n) is 6.36. The highest BCUT2D eigenvalue weighted by Gasteiger charge is 2.58. The Balaban J connectivity index is 0.00000169. The van der Waals surface area contributed by atoms with Crippen LogP contribution >= 0.6 is 12.4 Å². The number of carbonyl (C=O) groups excluding carboxylic acids is 1. The average Bonchev–Trinajstić information content (AvgIpc) is 3.47. The van der Waals surface area contributed by atoms with Gasteiger partial charge in [-0.3, -0.25) is 4.79 Å². The van der Waals surface area contributed by atoms with Crippen molar-refractivity contribution >= 4 is 18.3 Å². The molecular formula is C18H29ClN4O. The summed E-state index contributed by atoms with van der Waals surface area (Å²) in [7, 11) is 2.02. The summed E-state index contributed by atoms with van der Waals surface area (Å²) in [5.74, 6) is 2.15. The maximum Gasteiger partial charge on any atom is 0.226 e. The zero-order valence-corrected chi connectivity index (χ0v) is 15.5. The Morgan fingerprint density at radius 3 is 2.75 bits per heavy atom. The van der Waals surface area contributed by atoms with E-state index in [1.807, 2.05) is 24.0 Å². The van der Waals surface area contributed by atoms with Crippen LogP contribution in [-0.4, -0.2) is 39.5 Å². The van der Waals surface area contributed by atoms with E-state index in [-0.39, 0.29) is 18.3 Å². The fourth-order valence-corrected chi connectivity index (χ4v) is 4.33. The minimum Gasteiger partial charge on any atom is -0.337 e. The molecule has 1 aliphatic heterocycles. The predicted octanol–water partition coefficient (Wildman–Crippen LogP) is 2.36. The summed E-state index contributed by atoms with van der Waals surface area (Å²) in [5, 5.41) is 3.45. The van der Waals surface area contributed by atoms with Gasteiger partial charge in [-0.05, 0) is 56.5 Å². The molecule has 0 aromatic carbocycles. The van der Waals surface area contributed by atoms with Crippen molar-refractivity contribution in [2.45, 2.75) is 51.6 Å². The molecule has 6 heteroatoms. The van der Waals surface area contributed by atoms with Crippen molar-refractivity contribution in [1.82, 2.24) is 19.8 Å². The van der Waals surface area contributed by atoms with Crippen LogP contribution in [0.5, 0.6) is 0 Å². The molecule has 4 rings (SSSR count). The van der Waals surface area contributed by atoms with Gasteiger partial charge in [0.05, 0.1) is 6.54 Å². The van der Waals surface area contributed by atoms with Crippen molar-refractivity contribution in [2.24, 2.45) is 24.3 Å². The van der Waals surface area contributed by atoms with Crippen LogP contribution in [0.1, 0.15) is 44.9 Å². The molecule has 3 fully saturated rings. The third-order valence-corrected chi connectivity index (χ3v) is 6.36. The van der Waals surface area contributed by atoms with E-state index >= 15 is 0 Å². The molecule has 1 spiro atoms. The van der Waals surface area contributed by atoms with Crippen LogP contribution in [0.4, 0.5) is 0 Å². The Bertz CT molecular complexity index is 592. The molecule has 2 unspecified atom stereocenters. The van der Waals surface area contributed by atoms with Gasteiger partial charge in [0.25, 0.3) is 0 Å². The zero-order valence-electron chi connectivity index (χ0n) is 14.7. The molecule has 1 amide bonds. The first kappa shape index (κ1) is 17.7. The summed E-state index contributed by atoms with van der Waals surface area (Å²) >= 11 is 0. The summed E-state index contributed by atoms with van der Waals surface area (Å²) in [6, 6.07) is 0.426. The van der Waals surface area contributed by atoms with Crippen LogP contribution in [0.15, 0.2) is 12.4 Å². The molecule has 5 nitrogen and oxygen atoms in total. The molecule has 2 heterocycles.